The number of furan rings is 1. The van der Waals surface area contributed by atoms with Gasteiger partial charge in [0.1, 0.15) is 6.10 Å². The summed E-state index contributed by atoms with van der Waals surface area (Å²) in [5.41, 5.74) is -0.938. The van der Waals surface area contributed by atoms with Gasteiger partial charge in [-0.25, -0.2) is 0 Å². The molecule has 37 heavy (non-hydrogen) atoms. The predicted molar refractivity (Wildman–Crippen MR) is 125 cm³/mol. The van der Waals surface area contributed by atoms with E-state index in [4.69, 9.17) is 18.6 Å². The van der Waals surface area contributed by atoms with E-state index in [2.05, 4.69) is 4.74 Å². The number of hydrogen-bond acceptors (Lipinski definition) is 10. The van der Waals surface area contributed by atoms with Crippen LogP contribution in [0.2, 0.25) is 0 Å². The number of Topliss-reactive ketones (excluding diaryl/α,β-unsaturated/α-hetero) is 1. The Balaban J connectivity index is 1.64. The third-order valence-electron chi connectivity index (χ3n) is 8.77. The van der Waals surface area contributed by atoms with Crippen molar-refractivity contribution < 1.29 is 47.3 Å². The average Bonchev–Trinajstić information content (AvgIpc) is 3.39. The third-order valence-corrected chi connectivity index (χ3v) is 8.77. The van der Waals surface area contributed by atoms with Gasteiger partial charge in [0.15, 0.2) is 11.9 Å². The molecule has 2 saturated carbocycles. The first-order chi connectivity index (χ1) is 17.5. The van der Waals surface area contributed by atoms with E-state index in [9.17, 15) is 24.0 Å². The fourth-order valence-corrected chi connectivity index (χ4v) is 6.96. The van der Waals surface area contributed by atoms with Gasteiger partial charge < -0.3 is 23.4 Å². The van der Waals surface area contributed by atoms with Gasteiger partial charge in [0.05, 0.1) is 38.6 Å². The van der Waals surface area contributed by atoms with Crippen molar-refractivity contribution in [3.05, 3.63) is 24.2 Å². The Morgan fingerprint density at radius 2 is 1.78 bits per heavy atom. The summed E-state index contributed by atoms with van der Waals surface area (Å²) in [4.78, 5) is 64.2. The normalized spacial score (nSPS) is 35.0. The summed E-state index contributed by atoms with van der Waals surface area (Å²) >= 11 is 0. The second kappa shape index (κ2) is 10.3. The number of carbonyl (C=O) groups excluding carboxylic acids is 5. The number of ether oxygens (including phenoxy) is 4. The minimum atomic E-state index is -1.16. The molecule has 0 unspecified atom stereocenters. The van der Waals surface area contributed by atoms with Crippen molar-refractivity contribution in [2.75, 3.05) is 14.2 Å². The molecule has 1 saturated heterocycles. The molecule has 3 fully saturated rings. The van der Waals surface area contributed by atoms with Crippen molar-refractivity contribution in [1.29, 1.82) is 0 Å². The molecule has 4 rings (SSSR count). The Kier molecular flexibility index (Phi) is 7.48. The standard InChI is InChI=1S/C27H34O10/c1-26-10-8-16-25(32)37-19(15-9-11-35-14-15)13-27(16,2)23(26)22(30)18(12-17(26)24(31)34-4)36-21(29)7-5-6-20(28)33-3/h9,11,14,16-19,23H,5-8,10,12-13H2,1-4H3/t16-,17-,18-,19-,23-,26-,27-/m0/s1. The van der Waals surface area contributed by atoms with E-state index >= 15 is 0 Å². The number of hydrogen-bond donors (Lipinski definition) is 0. The number of carbonyl (C=O) groups is 5. The molecule has 1 aliphatic heterocycles. The highest BCUT2D eigenvalue weighted by Gasteiger charge is 2.67. The molecular weight excluding hydrogens is 484 g/mol. The Labute approximate surface area is 215 Å². The smallest absolute Gasteiger partial charge is 0.310 e. The second-order valence-corrected chi connectivity index (χ2v) is 10.8. The minimum absolute atomic E-state index is 0.0115. The van der Waals surface area contributed by atoms with Gasteiger partial charge in [-0.05, 0) is 42.6 Å². The molecule has 1 aromatic heterocycles. The maximum atomic E-state index is 14.1. The highest BCUT2D eigenvalue weighted by Crippen LogP contribution is 2.65. The number of ketones is 1. The molecule has 2 heterocycles. The lowest BCUT2D eigenvalue weighted by molar-refractivity contribution is -0.210. The SMILES string of the molecule is COC(=O)CCCC(=O)O[C@H]1C[C@@H](C(=O)OC)[C@]2(C)CC[C@H]3C(=O)O[C@H](c4ccoc4)C[C@]3(C)[C@H]2C1=O. The van der Waals surface area contributed by atoms with Crippen molar-refractivity contribution in [2.24, 2.45) is 28.6 Å². The van der Waals surface area contributed by atoms with Gasteiger partial charge in [0.25, 0.3) is 0 Å². The number of esters is 4. The first-order valence-electron chi connectivity index (χ1n) is 12.7. The number of fused-ring (bicyclic) bond motifs is 3. The highest BCUT2D eigenvalue weighted by molar-refractivity contribution is 5.93. The van der Waals surface area contributed by atoms with Gasteiger partial charge in [-0.1, -0.05) is 13.8 Å². The van der Waals surface area contributed by atoms with E-state index in [0.29, 0.717) is 24.8 Å². The summed E-state index contributed by atoms with van der Waals surface area (Å²) in [6.45, 7) is 3.81. The van der Waals surface area contributed by atoms with E-state index in [1.54, 1.807) is 6.07 Å². The van der Waals surface area contributed by atoms with Crippen molar-refractivity contribution in [2.45, 2.75) is 71.0 Å². The molecule has 0 N–H and O–H groups in total. The van der Waals surface area contributed by atoms with Crippen LogP contribution in [0.3, 0.4) is 0 Å². The van der Waals surface area contributed by atoms with Gasteiger partial charge in [0.2, 0.25) is 0 Å². The molecule has 0 radical (unpaired) electrons. The molecule has 0 bridgehead atoms. The van der Waals surface area contributed by atoms with Crippen LogP contribution in [0.4, 0.5) is 0 Å². The van der Waals surface area contributed by atoms with Gasteiger partial charge >= 0.3 is 23.9 Å². The zero-order chi connectivity index (χ0) is 27.0. The maximum absolute atomic E-state index is 14.1. The summed E-state index contributed by atoms with van der Waals surface area (Å²) in [6.07, 6.45) is 2.75. The molecule has 3 aliphatic rings. The Bertz CT molecular complexity index is 1060. The Morgan fingerprint density at radius 3 is 2.43 bits per heavy atom. The topological polar surface area (TPSA) is 135 Å². The molecule has 2 aliphatic carbocycles. The fraction of sp³-hybridized carbons (Fsp3) is 0.667. The lowest BCUT2D eigenvalue weighted by Gasteiger charge is -2.61. The molecule has 0 amide bonds. The summed E-state index contributed by atoms with van der Waals surface area (Å²) < 4.78 is 26.3. The van der Waals surface area contributed by atoms with Crippen LogP contribution in [0.15, 0.2) is 23.0 Å². The molecule has 1 aromatic rings. The van der Waals surface area contributed by atoms with E-state index in [-0.39, 0.29) is 37.4 Å². The third kappa shape index (κ3) is 4.78. The molecule has 202 valence electrons. The molecule has 10 nitrogen and oxygen atoms in total. The van der Waals surface area contributed by atoms with Crippen LogP contribution in [0.25, 0.3) is 0 Å². The van der Waals surface area contributed by atoms with Crippen LogP contribution in [0.1, 0.15) is 70.5 Å². The van der Waals surface area contributed by atoms with Crippen molar-refractivity contribution in [1.82, 2.24) is 0 Å². The predicted octanol–water partition coefficient (Wildman–Crippen LogP) is 3.32. The quantitative estimate of drug-likeness (QED) is 0.391. The summed E-state index contributed by atoms with van der Waals surface area (Å²) in [7, 11) is 2.56. The summed E-state index contributed by atoms with van der Waals surface area (Å²) in [5, 5.41) is 0. The summed E-state index contributed by atoms with van der Waals surface area (Å²) in [6, 6.07) is 1.72. The number of methoxy groups -OCH3 is 2. The highest BCUT2D eigenvalue weighted by atomic mass is 16.6. The van der Waals surface area contributed by atoms with Crippen molar-refractivity contribution >= 4 is 29.7 Å². The van der Waals surface area contributed by atoms with Crippen LogP contribution in [-0.4, -0.2) is 50.0 Å². The molecule has 7 atom stereocenters. The Hall–Kier alpha value is -3.17. The lowest BCUT2D eigenvalue weighted by atomic mass is 9.43. The lowest BCUT2D eigenvalue weighted by Crippen LogP contribution is -2.64. The first kappa shape index (κ1) is 26.9. The van der Waals surface area contributed by atoms with E-state index in [1.807, 2.05) is 13.8 Å². The van der Waals surface area contributed by atoms with E-state index in [0.717, 1.165) is 0 Å². The zero-order valence-corrected chi connectivity index (χ0v) is 21.7. The molecular formula is C27H34O10. The average molecular weight is 519 g/mol. The van der Waals surface area contributed by atoms with Crippen molar-refractivity contribution in [3.63, 3.8) is 0 Å². The van der Waals surface area contributed by atoms with Gasteiger partial charge in [-0.3, -0.25) is 24.0 Å². The van der Waals surface area contributed by atoms with Crippen LogP contribution in [0, 0.1) is 28.6 Å². The monoisotopic (exact) mass is 518 g/mol. The zero-order valence-electron chi connectivity index (χ0n) is 21.7. The second-order valence-electron chi connectivity index (χ2n) is 10.8. The number of rotatable bonds is 7. The minimum Gasteiger partial charge on any atom is -0.472 e. The van der Waals surface area contributed by atoms with Crippen LogP contribution in [-0.2, 0) is 42.9 Å². The number of cyclic esters (lactones) is 1. The van der Waals surface area contributed by atoms with Gasteiger partial charge in [-0.15, -0.1) is 0 Å². The Morgan fingerprint density at radius 1 is 1.05 bits per heavy atom. The fourth-order valence-electron chi connectivity index (χ4n) is 6.96. The summed E-state index contributed by atoms with van der Waals surface area (Å²) in [5.74, 6) is -4.21. The van der Waals surface area contributed by atoms with Crippen LogP contribution < -0.4 is 0 Å². The van der Waals surface area contributed by atoms with Gasteiger partial charge in [-0.2, -0.15) is 0 Å². The molecule has 0 aromatic carbocycles. The van der Waals surface area contributed by atoms with Crippen molar-refractivity contribution in [3.8, 4) is 0 Å². The van der Waals surface area contributed by atoms with E-state index in [1.165, 1.54) is 26.7 Å². The molecule has 0 spiro atoms. The molecule has 10 heteroatoms. The van der Waals surface area contributed by atoms with Crippen LogP contribution in [0.5, 0.6) is 0 Å². The van der Waals surface area contributed by atoms with Gasteiger partial charge in [0, 0.05) is 30.7 Å². The van der Waals surface area contributed by atoms with E-state index < -0.39 is 58.7 Å². The van der Waals surface area contributed by atoms with Crippen LogP contribution >= 0.6 is 0 Å². The largest absolute Gasteiger partial charge is 0.472 e. The first-order valence-corrected chi connectivity index (χ1v) is 12.7. The maximum Gasteiger partial charge on any atom is 0.310 e.